The number of hydrogen-bond acceptors (Lipinski definition) is 4. The van der Waals surface area contributed by atoms with Crippen LogP contribution in [0, 0.1) is 0 Å². The summed E-state index contributed by atoms with van der Waals surface area (Å²) in [4.78, 5) is 21.3. The van der Waals surface area contributed by atoms with Gasteiger partial charge in [0.1, 0.15) is 5.01 Å². The van der Waals surface area contributed by atoms with E-state index in [1.807, 2.05) is 66.0 Å². The molecule has 0 saturated heterocycles. The highest BCUT2D eigenvalue weighted by atomic mass is 32.1. The monoisotopic (exact) mass is 345 g/mol. The smallest absolute Gasteiger partial charge is 0.230 e. The maximum atomic E-state index is 12.4. The van der Waals surface area contributed by atoms with Crippen molar-refractivity contribution in [3.63, 3.8) is 0 Å². The van der Waals surface area contributed by atoms with Crippen LogP contribution in [0.25, 0.3) is 21.5 Å². The molecular weight excluding hydrogens is 330 g/mol. The van der Waals surface area contributed by atoms with Crippen molar-refractivity contribution in [3.05, 3.63) is 77.9 Å². The molecule has 0 spiro atoms. The normalized spacial score (nSPS) is 10.7. The van der Waals surface area contributed by atoms with Gasteiger partial charge in [0.15, 0.2) is 0 Å². The van der Waals surface area contributed by atoms with Gasteiger partial charge in [0.25, 0.3) is 0 Å². The van der Waals surface area contributed by atoms with E-state index in [4.69, 9.17) is 0 Å². The van der Waals surface area contributed by atoms with Crippen LogP contribution < -0.4 is 5.32 Å². The molecule has 5 heteroatoms. The Kier molecular flexibility index (Phi) is 4.23. The molecule has 0 aliphatic heterocycles. The molecule has 25 heavy (non-hydrogen) atoms. The molecular formula is C20H15N3OS. The second kappa shape index (κ2) is 6.83. The second-order valence-corrected chi connectivity index (χ2v) is 6.47. The summed E-state index contributed by atoms with van der Waals surface area (Å²) in [7, 11) is 0. The Morgan fingerprint density at radius 3 is 2.76 bits per heavy atom. The van der Waals surface area contributed by atoms with Crippen molar-refractivity contribution < 1.29 is 4.79 Å². The molecule has 0 atom stereocenters. The molecule has 2 aromatic heterocycles. The zero-order valence-electron chi connectivity index (χ0n) is 13.3. The van der Waals surface area contributed by atoms with Crippen LogP contribution in [-0.2, 0) is 11.2 Å². The molecule has 0 fully saturated rings. The highest BCUT2D eigenvalue weighted by Gasteiger charge is 2.10. The summed E-state index contributed by atoms with van der Waals surface area (Å²) >= 11 is 1.55. The number of amides is 1. The molecule has 4 rings (SSSR count). The molecule has 0 bridgehead atoms. The Bertz CT molecular complexity index is 1020. The second-order valence-electron chi connectivity index (χ2n) is 5.61. The lowest BCUT2D eigenvalue weighted by atomic mass is 10.1. The van der Waals surface area contributed by atoms with Crippen LogP contribution in [0.15, 0.2) is 72.2 Å². The molecule has 1 N–H and O–H groups in total. The SMILES string of the molecule is O=C(Cc1csc(-c2ccccc2)n1)Nc1cccc2ncccc12. The minimum absolute atomic E-state index is 0.0822. The first-order valence-electron chi connectivity index (χ1n) is 7.93. The third kappa shape index (κ3) is 3.41. The predicted molar refractivity (Wildman–Crippen MR) is 102 cm³/mol. The largest absolute Gasteiger partial charge is 0.325 e. The molecule has 4 nitrogen and oxygen atoms in total. The average Bonchev–Trinajstić information content (AvgIpc) is 3.11. The summed E-state index contributed by atoms with van der Waals surface area (Å²) in [5, 5.41) is 6.77. The van der Waals surface area contributed by atoms with Crippen LogP contribution in [0.5, 0.6) is 0 Å². The first-order chi connectivity index (χ1) is 12.3. The van der Waals surface area contributed by atoms with E-state index in [-0.39, 0.29) is 12.3 Å². The van der Waals surface area contributed by atoms with Crippen molar-refractivity contribution in [1.29, 1.82) is 0 Å². The third-order valence-electron chi connectivity index (χ3n) is 3.83. The van der Waals surface area contributed by atoms with Gasteiger partial charge in [0, 0.05) is 22.5 Å². The molecule has 2 heterocycles. The Morgan fingerprint density at radius 1 is 1.00 bits per heavy atom. The van der Waals surface area contributed by atoms with Crippen molar-refractivity contribution in [2.75, 3.05) is 5.32 Å². The zero-order valence-corrected chi connectivity index (χ0v) is 14.2. The lowest BCUT2D eigenvalue weighted by Crippen LogP contribution is -2.14. The van der Waals surface area contributed by atoms with Crippen molar-refractivity contribution >= 4 is 33.8 Å². The van der Waals surface area contributed by atoms with Gasteiger partial charge in [-0.2, -0.15) is 0 Å². The lowest BCUT2D eigenvalue weighted by Gasteiger charge is -2.07. The number of rotatable bonds is 4. The predicted octanol–water partition coefficient (Wildman–Crippen LogP) is 4.54. The number of fused-ring (bicyclic) bond motifs is 1. The summed E-state index contributed by atoms with van der Waals surface area (Å²) < 4.78 is 0. The van der Waals surface area contributed by atoms with E-state index in [2.05, 4.69) is 15.3 Å². The standard InChI is InChI=1S/C20H15N3OS/c24-19(23-18-10-4-9-17-16(18)8-5-11-21-17)12-15-13-25-20(22-15)14-6-2-1-3-7-14/h1-11,13H,12H2,(H,23,24). The molecule has 1 amide bonds. The Labute approximate surface area is 149 Å². The van der Waals surface area contributed by atoms with Gasteiger partial charge in [-0.05, 0) is 24.3 Å². The number of thiazole rings is 1. The van der Waals surface area contributed by atoms with Gasteiger partial charge < -0.3 is 5.32 Å². The quantitative estimate of drug-likeness (QED) is 0.591. The minimum Gasteiger partial charge on any atom is -0.325 e. The Morgan fingerprint density at radius 2 is 1.88 bits per heavy atom. The highest BCUT2D eigenvalue weighted by molar-refractivity contribution is 7.13. The number of pyridine rings is 1. The zero-order chi connectivity index (χ0) is 17.1. The summed E-state index contributed by atoms with van der Waals surface area (Å²) in [6, 6.07) is 19.5. The summed E-state index contributed by atoms with van der Waals surface area (Å²) in [5.74, 6) is -0.0822. The van der Waals surface area contributed by atoms with Crippen molar-refractivity contribution in [3.8, 4) is 10.6 Å². The average molecular weight is 345 g/mol. The van der Waals surface area contributed by atoms with Crippen molar-refractivity contribution in [2.45, 2.75) is 6.42 Å². The molecule has 4 aromatic rings. The van der Waals surface area contributed by atoms with Crippen LogP contribution in [0.4, 0.5) is 5.69 Å². The molecule has 2 aromatic carbocycles. The number of carbonyl (C=O) groups excluding carboxylic acids is 1. The van der Waals surface area contributed by atoms with Gasteiger partial charge in [0.2, 0.25) is 5.91 Å². The van der Waals surface area contributed by atoms with Gasteiger partial charge in [-0.25, -0.2) is 4.98 Å². The fourth-order valence-electron chi connectivity index (χ4n) is 2.67. The van der Waals surface area contributed by atoms with Crippen LogP contribution in [0.3, 0.4) is 0 Å². The summed E-state index contributed by atoms with van der Waals surface area (Å²) in [6.45, 7) is 0. The lowest BCUT2D eigenvalue weighted by molar-refractivity contribution is -0.115. The van der Waals surface area contributed by atoms with E-state index in [1.165, 1.54) is 0 Å². The van der Waals surface area contributed by atoms with Gasteiger partial charge >= 0.3 is 0 Å². The fourth-order valence-corrected chi connectivity index (χ4v) is 3.50. The Hall–Kier alpha value is -3.05. The molecule has 0 saturated carbocycles. The minimum atomic E-state index is -0.0822. The molecule has 0 radical (unpaired) electrons. The van der Waals surface area contributed by atoms with E-state index < -0.39 is 0 Å². The molecule has 122 valence electrons. The number of anilines is 1. The van der Waals surface area contributed by atoms with E-state index in [1.54, 1.807) is 17.5 Å². The summed E-state index contributed by atoms with van der Waals surface area (Å²) in [6.07, 6.45) is 1.99. The van der Waals surface area contributed by atoms with Crippen LogP contribution >= 0.6 is 11.3 Å². The van der Waals surface area contributed by atoms with Crippen LogP contribution in [0.1, 0.15) is 5.69 Å². The molecule has 0 aliphatic rings. The number of nitrogens with zero attached hydrogens (tertiary/aromatic N) is 2. The summed E-state index contributed by atoms with van der Waals surface area (Å²) in [5.41, 5.74) is 3.48. The van der Waals surface area contributed by atoms with E-state index >= 15 is 0 Å². The van der Waals surface area contributed by atoms with Gasteiger partial charge in [-0.15, -0.1) is 11.3 Å². The fraction of sp³-hybridized carbons (Fsp3) is 0.0500. The number of benzene rings is 2. The van der Waals surface area contributed by atoms with Gasteiger partial charge in [-0.3, -0.25) is 9.78 Å². The van der Waals surface area contributed by atoms with Crippen molar-refractivity contribution in [2.24, 2.45) is 0 Å². The van der Waals surface area contributed by atoms with Crippen LogP contribution in [-0.4, -0.2) is 15.9 Å². The molecule has 0 unspecified atom stereocenters. The maximum Gasteiger partial charge on any atom is 0.230 e. The van der Waals surface area contributed by atoms with E-state index in [0.717, 1.165) is 32.9 Å². The maximum absolute atomic E-state index is 12.4. The van der Waals surface area contributed by atoms with Gasteiger partial charge in [0.05, 0.1) is 23.3 Å². The number of nitrogens with one attached hydrogen (secondary N) is 1. The highest BCUT2D eigenvalue weighted by Crippen LogP contribution is 2.24. The number of aromatic nitrogens is 2. The number of hydrogen-bond donors (Lipinski definition) is 1. The third-order valence-corrected chi connectivity index (χ3v) is 4.77. The van der Waals surface area contributed by atoms with Gasteiger partial charge in [-0.1, -0.05) is 36.4 Å². The number of carbonyl (C=O) groups is 1. The van der Waals surface area contributed by atoms with Crippen molar-refractivity contribution in [1.82, 2.24) is 9.97 Å². The van der Waals surface area contributed by atoms with E-state index in [9.17, 15) is 4.79 Å². The van der Waals surface area contributed by atoms with Crippen LogP contribution in [0.2, 0.25) is 0 Å². The first-order valence-corrected chi connectivity index (χ1v) is 8.81. The first kappa shape index (κ1) is 15.5. The Balaban J connectivity index is 1.50. The topological polar surface area (TPSA) is 54.9 Å². The van der Waals surface area contributed by atoms with E-state index in [0.29, 0.717) is 0 Å². The molecule has 0 aliphatic carbocycles.